The molecule has 0 unspecified atom stereocenters. The molecule has 2 nitrogen and oxygen atoms in total. The first-order valence-electron chi connectivity index (χ1n) is 6.68. The molecule has 3 rings (SSSR count). The van der Waals surface area contributed by atoms with E-state index in [0.29, 0.717) is 6.54 Å². The molecule has 0 fully saturated rings. The van der Waals surface area contributed by atoms with Crippen molar-refractivity contribution in [1.82, 2.24) is 4.98 Å². The summed E-state index contributed by atoms with van der Waals surface area (Å²) >= 11 is 0. The molecule has 1 N–H and O–H groups in total. The van der Waals surface area contributed by atoms with Crippen LogP contribution in [0.15, 0.2) is 48.5 Å². The zero-order chi connectivity index (χ0) is 14.8. The van der Waals surface area contributed by atoms with E-state index in [9.17, 15) is 8.78 Å². The first-order valence-corrected chi connectivity index (χ1v) is 6.68. The quantitative estimate of drug-likeness (QED) is 0.769. The van der Waals surface area contributed by atoms with E-state index in [0.717, 1.165) is 28.2 Å². The molecule has 0 bridgehead atoms. The molecule has 0 atom stereocenters. The van der Waals surface area contributed by atoms with Crippen LogP contribution in [0.2, 0.25) is 0 Å². The Hall–Kier alpha value is -2.49. The lowest BCUT2D eigenvalue weighted by molar-refractivity contribution is 0.585. The normalized spacial score (nSPS) is 10.8. The lowest BCUT2D eigenvalue weighted by atomic mass is 10.1. The average Bonchev–Trinajstić information content (AvgIpc) is 2.46. The first-order chi connectivity index (χ1) is 10.1. The summed E-state index contributed by atoms with van der Waals surface area (Å²) < 4.78 is 26.5. The number of fused-ring (bicyclic) bond motifs is 1. The van der Waals surface area contributed by atoms with Crippen molar-refractivity contribution in [1.29, 1.82) is 0 Å². The summed E-state index contributed by atoms with van der Waals surface area (Å²) in [4.78, 5) is 4.47. The van der Waals surface area contributed by atoms with Crippen LogP contribution in [0.5, 0.6) is 0 Å². The van der Waals surface area contributed by atoms with E-state index in [1.807, 2.05) is 37.3 Å². The second-order valence-corrected chi connectivity index (χ2v) is 4.92. The molecule has 106 valence electrons. The molecule has 3 aromatic rings. The molecule has 0 saturated heterocycles. The number of nitrogens with zero attached hydrogens (tertiary/aromatic N) is 1. The molecular formula is C17H14F2N2. The smallest absolute Gasteiger partial charge is 0.149 e. The highest BCUT2D eigenvalue weighted by Crippen LogP contribution is 2.21. The van der Waals surface area contributed by atoms with Crippen molar-refractivity contribution in [2.45, 2.75) is 13.5 Å². The Balaban J connectivity index is 1.91. The summed E-state index contributed by atoms with van der Waals surface area (Å²) in [7, 11) is 0. The van der Waals surface area contributed by atoms with Gasteiger partial charge in [-0.3, -0.25) is 4.98 Å². The molecule has 1 aromatic heterocycles. The fourth-order valence-electron chi connectivity index (χ4n) is 2.36. The highest BCUT2D eigenvalue weighted by atomic mass is 19.1. The minimum Gasteiger partial charge on any atom is -0.379 e. The lowest BCUT2D eigenvalue weighted by Gasteiger charge is -2.11. The van der Waals surface area contributed by atoms with Crippen molar-refractivity contribution >= 4 is 16.6 Å². The molecule has 4 heteroatoms. The zero-order valence-corrected chi connectivity index (χ0v) is 11.5. The zero-order valence-electron chi connectivity index (χ0n) is 11.5. The Bertz CT molecular complexity index is 800. The molecule has 0 amide bonds. The number of aromatic nitrogens is 1. The largest absolute Gasteiger partial charge is 0.379 e. The molecule has 0 radical (unpaired) electrons. The van der Waals surface area contributed by atoms with Gasteiger partial charge in [0.15, 0.2) is 0 Å². The van der Waals surface area contributed by atoms with Gasteiger partial charge in [0.1, 0.15) is 11.6 Å². The van der Waals surface area contributed by atoms with Crippen LogP contribution in [0.4, 0.5) is 14.5 Å². The Kier molecular flexibility index (Phi) is 3.52. The standard InChI is InChI=1S/C17H14F2N2/c1-11-8-12(14-4-2-3-5-16(14)21-11)10-20-17-7-6-13(18)9-15(17)19/h2-9,20H,10H2,1H3. The third-order valence-electron chi connectivity index (χ3n) is 3.33. The number of nitrogens with one attached hydrogen (secondary N) is 1. The molecule has 1 heterocycles. The van der Waals surface area contributed by atoms with Crippen LogP contribution in [0, 0.1) is 18.6 Å². The molecule has 0 aliphatic rings. The van der Waals surface area contributed by atoms with Gasteiger partial charge in [-0.25, -0.2) is 8.78 Å². The van der Waals surface area contributed by atoms with Gasteiger partial charge in [0.25, 0.3) is 0 Å². The number of rotatable bonds is 3. The van der Waals surface area contributed by atoms with E-state index >= 15 is 0 Å². The Morgan fingerprint density at radius 1 is 1.05 bits per heavy atom. The van der Waals surface area contributed by atoms with E-state index in [2.05, 4.69) is 10.3 Å². The van der Waals surface area contributed by atoms with Crippen LogP contribution in [0.25, 0.3) is 10.9 Å². The fraction of sp³-hybridized carbons (Fsp3) is 0.118. The minimum absolute atomic E-state index is 0.287. The Labute approximate surface area is 121 Å². The number of hydrogen-bond donors (Lipinski definition) is 1. The molecule has 0 aliphatic carbocycles. The molecule has 0 saturated carbocycles. The third kappa shape index (κ3) is 2.84. The van der Waals surface area contributed by atoms with Gasteiger partial charge in [-0.1, -0.05) is 18.2 Å². The third-order valence-corrected chi connectivity index (χ3v) is 3.33. The number of benzene rings is 2. The number of para-hydroxylation sites is 1. The maximum absolute atomic E-state index is 13.6. The van der Waals surface area contributed by atoms with Gasteiger partial charge >= 0.3 is 0 Å². The van der Waals surface area contributed by atoms with Gasteiger partial charge in [-0.15, -0.1) is 0 Å². The molecule has 0 spiro atoms. The number of aryl methyl sites for hydroxylation is 1. The summed E-state index contributed by atoms with van der Waals surface area (Å²) in [6.07, 6.45) is 0. The van der Waals surface area contributed by atoms with Crippen molar-refractivity contribution in [2.24, 2.45) is 0 Å². The van der Waals surface area contributed by atoms with Crippen LogP contribution in [-0.4, -0.2) is 4.98 Å². The Morgan fingerprint density at radius 3 is 2.67 bits per heavy atom. The van der Waals surface area contributed by atoms with E-state index in [1.165, 1.54) is 12.1 Å². The second kappa shape index (κ2) is 5.48. The summed E-state index contributed by atoms with van der Waals surface area (Å²) in [6, 6.07) is 13.3. The fourth-order valence-corrected chi connectivity index (χ4v) is 2.36. The maximum Gasteiger partial charge on any atom is 0.149 e. The van der Waals surface area contributed by atoms with Crippen LogP contribution in [-0.2, 0) is 6.54 Å². The second-order valence-electron chi connectivity index (χ2n) is 4.92. The summed E-state index contributed by atoms with van der Waals surface area (Å²) in [5.74, 6) is -1.17. The van der Waals surface area contributed by atoms with Crippen molar-refractivity contribution in [2.75, 3.05) is 5.32 Å². The number of hydrogen-bond acceptors (Lipinski definition) is 2. The van der Waals surface area contributed by atoms with Crippen molar-refractivity contribution in [3.8, 4) is 0 Å². The summed E-state index contributed by atoms with van der Waals surface area (Å²) in [5.41, 5.74) is 3.13. The van der Waals surface area contributed by atoms with Crippen molar-refractivity contribution in [3.63, 3.8) is 0 Å². The van der Waals surface area contributed by atoms with Gasteiger partial charge in [0.05, 0.1) is 11.2 Å². The summed E-state index contributed by atoms with van der Waals surface area (Å²) in [6.45, 7) is 2.38. The summed E-state index contributed by atoms with van der Waals surface area (Å²) in [5, 5.41) is 4.03. The van der Waals surface area contributed by atoms with Crippen LogP contribution < -0.4 is 5.32 Å². The number of pyridine rings is 1. The first kappa shape index (κ1) is 13.5. The van der Waals surface area contributed by atoms with Gasteiger partial charge in [0, 0.05) is 23.7 Å². The van der Waals surface area contributed by atoms with Gasteiger partial charge in [-0.2, -0.15) is 0 Å². The predicted octanol–water partition coefficient (Wildman–Crippen LogP) is 4.43. The monoisotopic (exact) mass is 284 g/mol. The number of anilines is 1. The van der Waals surface area contributed by atoms with E-state index in [4.69, 9.17) is 0 Å². The van der Waals surface area contributed by atoms with Crippen molar-refractivity contribution < 1.29 is 8.78 Å². The van der Waals surface area contributed by atoms with Crippen LogP contribution in [0.3, 0.4) is 0 Å². The minimum atomic E-state index is -0.593. The lowest BCUT2D eigenvalue weighted by Crippen LogP contribution is -2.03. The van der Waals surface area contributed by atoms with Gasteiger partial charge in [-0.05, 0) is 36.8 Å². The number of halogens is 2. The van der Waals surface area contributed by atoms with Crippen molar-refractivity contribution in [3.05, 3.63) is 71.4 Å². The average molecular weight is 284 g/mol. The highest BCUT2D eigenvalue weighted by molar-refractivity contribution is 5.82. The highest BCUT2D eigenvalue weighted by Gasteiger charge is 2.06. The molecule has 0 aliphatic heterocycles. The van der Waals surface area contributed by atoms with E-state index < -0.39 is 11.6 Å². The van der Waals surface area contributed by atoms with E-state index in [1.54, 1.807) is 0 Å². The van der Waals surface area contributed by atoms with Crippen LogP contribution >= 0.6 is 0 Å². The van der Waals surface area contributed by atoms with Gasteiger partial charge in [0.2, 0.25) is 0 Å². The predicted molar refractivity (Wildman–Crippen MR) is 80.2 cm³/mol. The van der Waals surface area contributed by atoms with E-state index in [-0.39, 0.29) is 5.69 Å². The topological polar surface area (TPSA) is 24.9 Å². The SMILES string of the molecule is Cc1cc(CNc2ccc(F)cc2F)c2ccccc2n1. The molecule has 2 aromatic carbocycles. The van der Waals surface area contributed by atoms with Crippen LogP contribution in [0.1, 0.15) is 11.3 Å². The molecule has 21 heavy (non-hydrogen) atoms. The van der Waals surface area contributed by atoms with Gasteiger partial charge < -0.3 is 5.32 Å². The molecular weight excluding hydrogens is 270 g/mol. The maximum atomic E-state index is 13.6. The Morgan fingerprint density at radius 2 is 1.86 bits per heavy atom.